The van der Waals surface area contributed by atoms with Crippen molar-refractivity contribution in [3.05, 3.63) is 70.3 Å². The molecule has 4 nitrogen and oxygen atoms in total. The first-order chi connectivity index (χ1) is 15.9. The van der Waals surface area contributed by atoms with E-state index in [0.29, 0.717) is 18.4 Å². The summed E-state index contributed by atoms with van der Waals surface area (Å²) >= 11 is 1.60. The summed E-state index contributed by atoms with van der Waals surface area (Å²) in [7, 11) is 0. The Kier molecular flexibility index (Phi) is 5.97. The van der Waals surface area contributed by atoms with Gasteiger partial charge >= 0.3 is 6.18 Å². The van der Waals surface area contributed by atoms with Gasteiger partial charge in [0.25, 0.3) is 0 Å². The molecular formula is C25H25F3N4S. The molecule has 1 aliphatic carbocycles. The number of nitrogens with one attached hydrogen (secondary N) is 2. The second-order valence-corrected chi connectivity index (χ2v) is 9.53. The lowest BCUT2D eigenvalue weighted by molar-refractivity contribution is -0.138. The third-order valence-electron chi connectivity index (χ3n) is 6.26. The summed E-state index contributed by atoms with van der Waals surface area (Å²) in [5, 5.41) is 3.50. The number of nitrogens with zero attached hydrogens (tertiary/aromatic N) is 2. The third-order valence-corrected chi connectivity index (χ3v) is 7.00. The van der Waals surface area contributed by atoms with Crippen molar-refractivity contribution in [3.63, 3.8) is 0 Å². The van der Waals surface area contributed by atoms with Gasteiger partial charge in [0.2, 0.25) is 0 Å². The quantitative estimate of drug-likeness (QED) is 0.454. The van der Waals surface area contributed by atoms with Gasteiger partial charge in [0, 0.05) is 47.9 Å². The summed E-state index contributed by atoms with van der Waals surface area (Å²) in [6.07, 6.45) is 0.700. The molecule has 3 heterocycles. The predicted molar refractivity (Wildman–Crippen MR) is 129 cm³/mol. The van der Waals surface area contributed by atoms with Crippen molar-refractivity contribution < 1.29 is 13.2 Å². The summed E-state index contributed by atoms with van der Waals surface area (Å²) in [6.45, 7) is 4.40. The Balaban J connectivity index is 1.41. The molecule has 5 rings (SSSR count). The van der Waals surface area contributed by atoms with Gasteiger partial charge in [0.05, 0.1) is 22.6 Å². The number of rotatable bonds is 4. The summed E-state index contributed by atoms with van der Waals surface area (Å²) in [5.41, 5.74) is 5.17. The molecule has 33 heavy (non-hydrogen) atoms. The maximum atomic E-state index is 13.4. The van der Waals surface area contributed by atoms with Gasteiger partial charge in [-0.2, -0.15) is 13.2 Å². The SMILES string of the molecule is CC1=Cc2c(c3ccccnc-3c2N2CCN[C@@H](CCc3ccccc3C(F)(F)F)C2)NS1. The lowest BCUT2D eigenvalue weighted by Gasteiger charge is -2.36. The molecule has 0 bridgehead atoms. The Morgan fingerprint density at radius 3 is 2.82 bits per heavy atom. The molecule has 0 amide bonds. The smallest absolute Gasteiger partial charge is 0.366 e. The van der Waals surface area contributed by atoms with Gasteiger partial charge in [-0.15, -0.1) is 0 Å². The van der Waals surface area contributed by atoms with Crippen LogP contribution in [0, 0.1) is 0 Å². The van der Waals surface area contributed by atoms with Crippen molar-refractivity contribution in [2.24, 2.45) is 0 Å². The zero-order valence-electron chi connectivity index (χ0n) is 18.2. The van der Waals surface area contributed by atoms with Crippen LogP contribution in [-0.2, 0) is 12.6 Å². The predicted octanol–water partition coefficient (Wildman–Crippen LogP) is 6.05. The molecule has 1 aromatic rings. The molecule has 0 spiro atoms. The number of anilines is 2. The molecule has 2 N–H and O–H groups in total. The molecule has 1 saturated heterocycles. The monoisotopic (exact) mass is 470 g/mol. The average molecular weight is 471 g/mol. The van der Waals surface area contributed by atoms with Gasteiger partial charge < -0.3 is 14.9 Å². The van der Waals surface area contributed by atoms with Crippen molar-refractivity contribution in [3.8, 4) is 11.3 Å². The Hall–Kier alpha value is -2.71. The highest BCUT2D eigenvalue weighted by atomic mass is 32.2. The lowest BCUT2D eigenvalue weighted by atomic mass is 9.98. The van der Waals surface area contributed by atoms with E-state index in [1.54, 1.807) is 24.1 Å². The van der Waals surface area contributed by atoms with E-state index in [1.165, 1.54) is 17.0 Å². The summed E-state index contributed by atoms with van der Waals surface area (Å²) < 4.78 is 43.6. The molecule has 0 radical (unpaired) electrons. The molecule has 4 aliphatic rings. The van der Waals surface area contributed by atoms with E-state index in [-0.39, 0.29) is 6.04 Å². The van der Waals surface area contributed by atoms with Crippen LogP contribution < -0.4 is 14.9 Å². The topological polar surface area (TPSA) is 40.2 Å². The van der Waals surface area contributed by atoms with E-state index in [4.69, 9.17) is 4.98 Å². The molecule has 1 aromatic carbocycles. The first-order valence-corrected chi connectivity index (χ1v) is 11.9. The minimum Gasteiger partial charge on any atom is -0.366 e. The normalized spacial score (nSPS) is 18.6. The van der Waals surface area contributed by atoms with Crippen LogP contribution in [-0.4, -0.2) is 30.7 Å². The maximum absolute atomic E-state index is 13.4. The van der Waals surface area contributed by atoms with E-state index in [9.17, 15) is 13.2 Å². The fraction of sp³-hybridized carbons (Fsp3) is 0.320. The van der Waals surface area contributed by atoms with Crippen molar-refractivity contribution >= 4 is 29.4 Å². The molecule has 1 fully saturated rings. The summed E-state index contributed by atoms with van der Waals surface area (Å²) in [6, 6.07) is 12.0. The van der Waals surface area contributed by atoms with Crippen LogP contribution in [0.5, 0.6) is 0 Å². The highest BCUT2D eigenvalue weighted by molar-refractivity contribution is 8.04. The van der Waals surface area contributed by atoms with Crippen LogP contribution >= 0.6 is 11.9 Å². The number of piperazine rings is 1. The molecule has 0 unspecified atom stereocenters. The Morgan fingerprint density at radius 2 is 1.97 bits per heavy atom. The van der Waals surface area contributed by atoms with Crippen LogP contribution in [0.25, 0.3) is 17.3 Å². The number of aryl methyl sites for hydroxylation is 1. The minimum atomic E-state index is -4.33. The van der Waals surface area contributed by atoms with Crippen molar-refractivity contribution in [1.29, 1.82) is 0 Å². The molecule has 1 atom stereocenters. The van der Waals surface area contributed by atoms with Gasteiger partial charge in [-0.05, 0) is 55.5 Å². The molecular weight excluding hydrogens is 445 g/mol. The number of hydrogen-bond donors (Lipinski definition) is 2. The van der Waals surface area contributed by atoms with Gasteiger partial charge in [-0.25, -0.2) is 0 Å². The summed E-state index contributed by atoms with van der Waals surface area (Å²) in [4.78, 5) is 8.26. The third kappa shape index (κ3) is 4.42. The molecule has 3 aliphatic heterocycles. The van der Waals surface area contributed by atoms with Gasteiger partial charge in [0.1, 0.15) is 0 Å². The van der Waals surface area contributed by atoms with Gasteiger partial charge in [-0.3, -0.25) is 4.98 Å². The Bertz CT molecular complexity index is 1160. The van der Waals surface area contributed by atoms with Crippen LogP contribution in [0.15, 0.2) is 53.6 Å². The van der Waals surface area contributed by atoms with E-state index >= 15 is 0 Å². The van der Waals surface area contributed by atoms with E-state index < -0.39 is 11.7 Å². The fourth-order valence-electron chi connectivity index (χ4n) is 4.75. The van der Waals surface area contributed by atoms with Gasteiger partial charge in [0.15, 0.2) is 0 Å². The molecule has 0 saturated carbocycles. The Labute approximate surface area is 195 Å². The molecule has 172 valence electrons. The van der Waals surface area contributed by atoms with Crippen LogP contribution in [0.1, 0.15) is 30.0 Å². The number of allylic oxidation sites excluding steroid dienone is 1. The van der Waals surface area contributed by atoms with Gasteiger partial charge in [-0.1, -0.05) is 30.3 Å². The number of benzene rings is 1. The second kappa shape index (κ2) is 8.91. The van der Waals surface area contributed by atoms with E-state index in [1.807, 2.05) is 18.3 Å². The highest BCUT2D eigenvalue weighted by Gasteiger charge is 2.34. The van der Waals surface area contributed by atoms with Crippen LogP contribution in [0.2, 0.25) is 0 Å². The zero-order valence-corrected chi connectivity index (χ0v) is 19.1. The van der Waals surface area contributed by atoms with Crippen molar-refractivity contribution in [2.45, 2.75) is 32.0 Å². The van der Waals surface area contributed by atoms with Crippen molar-refractivity contribution in [2.75, 3.05) is 29.3 Å². The first-order valence-electron chi connectivity index (χ1n) is 11.1. The fourth-order valence-corrected chi connectivity index (χ4v) is 5.41. The Morgan fingerprint density at radius 1 is 1.15 bits per heavy atom. The largest absolute Gasteiger partial charge is 0.416 e. The number of alkyl halides is 3. The number of aromatic nitrogens is 1. The first kappa shape index (κ1) is 22.1. The van der Waals surface area contributed by atoms with Crippen LogP contribution in [0.4, 0.5) is 24.5 Å². The summed E-state index contributed by atoms with van der Waals surface area (Å²) in [5.74, 6) is 0. The lowest BCUT2D eigenvalue weighted by Crippen LogP contribution is -2.51. The van der Waals surface area contributed by atoms with Crippen molar-refractivity contribution in [1.82, 2.24) is 10.3 Å². The highest BCUT2D eigenvalue weighted by Crippen LogP contribution is 2.50. The number of fused-ring (bicyclic) bond motifs is 3. The molecule has 8 heteroatoms. The number of hydrogen-bond acceptors (Lipinski definition) is 5. The van der Waals surface area contributed by atoms with Crippen LogP contribution in [0.3, 0.4) is 0 Å². The second-order valence-electron chi connectivity index (χ2n) is 8.48. The minimum absolute atomic E-state index is 0.0918. The standard InChI is InChI=1S/C25H25F3N4S/c1-16-14-20-22(31-33-16)19-7-4-5-11-30-23(19)24(20)32-13-12-29-18(15-32)10-9-17-6-2-3-8-21(17)25(26,27)28/h2-8,11,14,18,29,31H,9-10,12-13,15H2,1H3/t18-/m0/s1. The maximum Gasteiger partial charge on any atom is 0.416 e. The van der Waals surface area contributed by atoms with E-state index in [2.05, 4.69) is 34.0 Å². The van der Waals surface area contributed by atoms with E-state index in [0.717, 1.165) is 47.8 Å². The number of halogens is 3. The molecule has 0 aromatic heterocycles. The zero-order chi connectivity index (χ0) is 23.0. The average Bonchev–Trinajstić information content (AvgIpc) is 2.92.